The molecule has 19 heavy (non-hydrogen) atoms. The number of rotatable bonds is 3. The standard InChI is InChI=1S/C16H20N2S/c1-12-6-7-16(19-12)15(17)11-18-9-8-13-4-2-3-5-14(13)10-18/h2-7,15H,8-11,17H2,1H3. The number of hydrogen-bond acceptors (Lipinski definition) is 3. The SMILES string of the molecule is Cc1ccc(C(N)CN2CCc3ccccc3C2)s1. The zero-order valence-corrected chi connectivity index (χ0v) is 12.1. The highest BCUT2D eigenvalue weighted by atomic mass is 32.1. The largest absolute Gasteiger partial charge is 0.322 e. The van der Waals surface area contributed by atoms with Gasteiger partial charge >= 0.3 is 0 Å². The molecule has 3 rings (SSSR count). The maximum Gasteiger partial charge on any atom is 0.0519 e. The van der Waals surface area contributed by atoms with E-state index in [-0.39, 0.29) is 6.04 Å². The summed E-state index contributed by atoms with van der Waals surface area (Å²) < 4.78 is 0. The van der Waals surface area contributed by atoms with Crippen LogP contribution in [0.25, 0.3) is 0 Å². The van der Waals surface area contributed by atoms with Crippen LogP contribution in [0.4, 0.5) is 0 Å². The van der Waals surface area contributed by atoms with E-state index in [1.54, 1.807) is 0 Å². The van der Waals surface area contributed by atoms with Crippen LogP contribution in [0.15, 0.2) is 36.4 Å². The third-order valence-corrected chi connectivity index (χ3v) is 4.92. The molecule has 3 heteroatoms. The summed E-state index contributed by atoms with van der Waals surface area (Å²) in [6.07, 6.45) is 1.15. The van der Waals surface area contributed by atoms with Crippen LogP contribution < -0.4 is 5.73 Å². The zero-order valence-electron chi connectivity index (χ0n) is 11.3. The molecule has 2 aromatic rings. The number of aryl methyl sites for hydroxylation is 1. The van der Waals surface area contributed by atoms with Crippen molar-refractivity contribution in [3.63, 3.8) is 0 Å². The van der Waals surface area contributed by atoms with Crippen molar-refractivity contribution < 1.29 is 0 Å². The molecular formula is C16H20N2S. The monoisotopic (exact) mass is 272 g/mol. The van der Waals surface area contributed by atoms with Gasteiger partial charge in [0, 0.05) is 29.4 Å². The van der Waals surface area contributed by atoms with Crippen LogP contribution in [-0.4, -0.2) is 18.0 Å². The lowest BCUT2D eigenvalue weighted by molar-refractivity contribution is 0.240. The fraction of sp³-hybridized carbons (Fsp3) is 0.375. The summed E-state index contributed by atoms with van der Waals surface area (Å²) in [6, 6.07) is 13.2. The van der Waals surface area contributed by atoms with Gasteiger partial charge in [0.25, 0.3) is 0 Å². The van der Waals surface area contributed by atoms with Gasteiger partial charge in [-0.2, -0.15) is 0 Å². The Bertz CT molecular complexity index is 561. The number of benzene rings is 1. The van der Waals surface area contributed by atoms with E-state index >= 15 is 0 Å². The van der Waals surface area contributed by atoms with E-state index in [0.29, 0.717) is 0 Å². The molecule has 0 amide bonds. The summed E-state index contributed by atoms with van der Waals surface area (Å²) in [5.41, 5.74) is 9.29. The molecule has 0 saturated heterocycles. The number of fused-ring (bicyclic) bond motifs is 1. The van der Waals surface area contributed by atoms with Gasteiger partial charge in [-0.3, -0.25) is 4.90 Å². The predicted molar refractivity (Wildman–Crippen MR) is 81.4 cm³/mol. The average Bonchev–Trinajstić information content (AvgIpc) is 2.85. The first-order valence-corrected chi connectivity index (χ1v) is 7.65. The summed E-state index contributed by atoms with van der Waals surface area (Å²) in [5, 5.41) is 0. The Labute approximate surface area is 118 Å². The maximum absolute atomic E-state index is 6.33. The summed E-state index contributed by atoms with van der Waals surface area (Å²) in [6.45, 7) is 5.25. The van der Waals surface area contributed by atoms with Crippen molar-refractivity contribution in [2.45, 2.75) is 25.9 Å². The molecule has 100 valence electrons. The van der Waals surface area contributed by atoms with Crippen LogP contribution in [-0.2, 0) is 13.0 Å². The molecule has 2 N–H and O–H groups in total. The molecular weight excluding hydrogens is 252 g/mol. The van der Waals surface area contributed by atoms with E-state index in [0.717, 1.165) is 26.1 Å². The highest BCUT2D eigenvalue weighted by Crippen LogP contribution is 2.24. The summed E-state index contributed by atoms with van der Waals surface area (Å²) in [7, 11) is 0. The Balaban J connectivity index is 1.66. The Morgan fingerprint density at radius 3 is 2.74 bits per heavy atom. The molecule has 1 unspecified atom stereocenters. The van der Waals surface area contributed by atoms with Gasteiger partial charge in [-0.25, -0.2) is 0 Å². The van der Waals surface area contributed by atoms with E-state index in [1.165, 1.54) is 20.9 Å². The Hall–Kier alpha value is -1.16. The van der Waals surface area contributed by atoms with Crippen molar-refractivity contribution in [3.8, 4) is 0 Å². The fourth-order valence-electron chi connectivity index (χ4n) is 2.73. The number of nitrogens with zero attached hydrogens (tertiary/aromatic N) is 1. The predicted octanol–water partition coefficient (Wildman–Crippen LogP) is 3.11. The van der Waals surface area contributed by atoms with Crippen molar-refractivity contribution in [1.29, 1.82) is 0 Å². The van der Waals surface area contributed by atoms with Gasteiger partial charge in [-0.1, -0.05) is 24.3 Å². The lowest BCUT2D eigenvalue weighted by atomic mass is 9.99. The molecule has 0 fully saturated rings. The van der Waals surface area contributed by atoms with Gasteiger partial charge in [0.15, 0.2) is 0 Å². The molecule has 1 aromatic heterocycles. The van der Waals surface area contributed by atoms with E-state index in [9.17, 15) is 0 Å². The lowest BCUT2D eigenvalue weighted by Crippen LogP contribution is -2.36. The second-order valence-electron chi connectivity index (χ2n) is 5.31. The molecule has 0 saturated carbocycles. The van der Waals surface area contributed by atoms with Gasteiger partial charge in [-0.15, -0.1) is 11.3 Å². The van der Waals surface area contributed by atoms with Crippen molar-refractivity contribution >= 4 is 11.3 Å². The topological polar surface area (TPSA) is 29.3 Å². The van der Waals surface area contributed by atoms with Crippen molar-refractivity contribution in [3.05, 3.63) is 57.3 Å². The van der Waals surface area contributed by atoms with Gasteiger partial charge < -0.3 is 5.73 Å². The fourth-order valence-corrected chi connectivity index (χ4v) is 3.60. The zero-order chi connectivity index (χ0) is 13.2. The lowest BCUT2D eigenvalue weighted by Gasteiger charge is -2.30. The van der Waals surface area contributed by atoms with E-state index in [4.69, 9.17) is 5.73 Å². The first-order chi connectivity index (χ1) is 9.22. The number of hydrogen-bond donors (Lipinski definition) is 1. The van der Waals surface area contributed by atoms with Gasteiger partial charge in [0.1, 0.15) is 0 Å². The molecule has 2 heterocycles. The minimum Gasteiger partial charge on any atom is -0.322 e. The first-order valence-electron chi connectivity index (χ1n) is 6.83. The molecule has 1 atom stereocenters. The van der Waals surface area contributed by atoms with E-state index in [2.05, 4.69) is 48.2 Å². The number of nitrogens with two attached hydrogens (primary N) is 1. The minimum absolute atomic E-state index is 0.143. The van der Waals surface area contributed by atoms with Gasteiger partial charge in [-0.05, 0) is 36.6 Å². The van der Waals surface area contributed by atoms with Crippen molar-refractivity contribution in [2.75, 3.05) is 13.1 Å². The van der Waals surface area contributed by atoms with Crippen LogP contribution in [0.1, 0.15) is 26.9 Å². The molecule has 1 aromatic carbocycles. The Morgan fingerprint density at radius 2 is 2.00 bits per heavy atom. The smallest absolute Gasteiger partial charge is 0.0519 e. The average molecular weight is 272 g/mol. The highest BCUT2D eigenvalue weighted by Gasteiger charge is 2.19. The normalized spacial score (nSPS) is 17.2. The number of thiophene rings is 1. The maximum atomic E-state index is 6.33. The van der Waals surface area contributed by atoms with Crippen LogP contribution in [0.2, 0.25) is 0 Å². The second kappa shape index (κ2) is 5.45. The van der Waals surface area contributed by atoms with Crippen LogP contribution in [0.3, 0.4) is 0 Å². The van der Waals surface area contributed by atoms with E-state index < -0.39 is 0 Å². The van der Waals surface area contributed by atoms with Crippen LogP contribution >= 0.6 is 11.3 Å². The molecule has 1 aliphatic rings. The quantitative estimate of drug-likeness (QED) is 0.930. The molecule has 0 aliphatic carbocycles. The summed E-state index contributed by atoms with van der Waals surface area (Å²) in [5.74, 6) is 0. The molecule has 0 radical (unpaired) electrons. The molecule has 2 nitrogen and oxygen atoms in total. The van der Waals surface area contributed by atoms with Crippen LogP contribution in [0.5, 0.6) is 0 Å². The van der Waals surface area contributed by atoms with E-state index in [1.807, 2.05) is 11.3 Å². The summed E-state index contributed by atoms with van der Waals surface area (Å²) >= 11 is 1.82. The summed E-state index contributed by atoms with van der Waals surface area (Å²) in [4.78, 5) is 5.12. The Morgan fingerprint density at radius 1 is 1.21 bits per heavy atom. The highest BCUT2D eigenvalue weighted by molar-refractivity contribution is 7.12. The Kier molecular flexibility index (Phi) is 3.69. The first kappa shape index (κ1) is 12.9. The molecule has 0 spiro atoms. The molecule has 0 bridgehead atoms. The van der Waals surface area contributed by atoms with Gasteiger partial charge in [0.05, 0.1) is 6.04 Å². The van der Waals surface area contributed by atoms with Gasteiger partial charge in [0.2, 0.25) is 0 Å². The van der Waals surface area contributed by atoms with Crippen molar-refractivity contribution in [2.24, 2.45) is 5.73 Å². The molecule has 1 aliphatic heterocycles. The second-order valence-corrected chi connectivity index (χ2v) is 6.63. The van der Waals surface area contributed by atoms with Crippen LogP contribution in [0, 0.1) is 6.92 Å². The van der Waals surface area contributed by atoms with Crippen molar-refractivity contribution in [1.82, 2.24) is 4.90 Å². The third-order valence-electron chi connectivity index (χ3n) is 3.79. The minimum atomic E-state index is 0.143. The third kappa shape index (κ3) is 2.89.